The molecule has 0 aliphatic carbocycles. The van der Waals surface area contributed by atoms with Crippen molar-refractivity contribution in [3.63, 3.8) is 0 Å². The lowest BCUT2D eigenvalue weighted by molar-refractivity contribution is 1.09. The van der Waals surface area contributed by atoms with Gasteiger partial charge in [0.25, 0.3) is 0 Å². The highest BCUT2D eigenvalue weighted by atomic mass is 127. The van der Waals surface area contributed by atoms with Gasteiger partial charge in [-0.3, -0.25) is 0 Å². The van der Waals surface area contributed by atoms with Crippen LogP contribution < -0.4 is 5.32 Å². The molecule has 0 unspecified atom stereocenters. The first-order valence-electron chi connectivity index (χ1n) is 8.12. The number of anilines is 1. The zero-order valence-corrected chi connectivity index (χ0v) is 15.7. The van der Waals surface area contributed by atoms with Gasteiger partial charge in [0.2, 0.25) is 0 Å². The number of aromatic nitrogens is 3. The smallest absolute Gasteiger partial charge is 0.137 e. The summed E-state index contributed by atoms with van der Waals surface area (Å²) in [5.74, 6) is 0.892. The second-order valence-corrected chi connectivity index (χ2v) is 7.17. The van der Waals surface area contributed by atoms with Crippen molar-refractivity contribution in [3.8, 4) is 0 Å². The Bertz CT molecular complexity index is 975. The lowest BCUT2D eigenvalue weighted by atomic mass is 10.1. The van der Waals surface area contributed by atoms with Gasteiger partial charge >= 0.3 is 0 Å². The molecule has 3 heterocycles. The maximum absolute atomic E-state index is 4.53. The highest BCUT2D eigenvalue weighted by Gasteiger charge is 2.05. The second-order valence-electron chi connectivity index (χ2n) is 5.92. The van der Waals surface area contributed by atoms with E-state index in [1.165, 1.54) is 25.6 Å². The van der Waals surface area contributed by atoms with Gasteiger partial charge in [0.1, 0.15) is 11.5 Å². The number of nitrogens with one attached hydrogen (secondary N) is 2. The van der Waals surface area contributed by atoms with E-state index in [1.807, 2.05) is 24.5 Å². The van der Waals surface area contributed by atoms with Crippen molar-refractivity contribution in [2.75, 3.05) is 5.32 Å². The molecule has 0 amide bonds. The molecule has 0 fully saturated rings. The van der Waals surface area contributed by atoms with Crippen LogP contribution in [-0.4, -0.2) is 15.0 Å². The third kappa shape index (κ3) is 3.82. The first-order valence-corrected chi connectivity index (χ1v) is 9.20. The number of rotatable bonds is 5. The molecule has 124 valence electrons. The number of halogens is 1. The van der Waals surface area contributed by atoms with Crippen molar-refractivity contribution in [2.45, 2.75) is 13.0 Å². The Balaban J connectivity index is 1.42. The minimum atomic E-state index is 0.775. The molecular weight excluding hydrogens is 423 g/mol. The van der Waals surface area contributed by atoms with E-state index in [4.69, 9.17) is 0 Å². The fraction of sp³-hybridized carbons (Fsp3) is 0.100. The Kier molecular flexibility index (Phi) is 4.65. The van der Waals surface area contributed by atoms with E-state index in [9.17, 15) is 0 Å². The maximum atomic E-state index is 4.53. The van der Waals surface area contributed by atoms with Crippen molar-refractivity contribution in [2.24, 2.45) is 0 Å². The average molecular weight is 440 g/mol. The molecule has 0 atom stereocenters. The van der Waals surface area contributed by atoms with Gasteiger partial charge in [-0.15, -0.1) is 0 Å². The highest BCUT2D eigenvalue weighted by Crippen LogP contribution is 2.19. The summed E-state index contributed by atoms with van der Waals surface area (Å²) in [6, 6.07) is 16.7. The van der Waals surface area contributed by atoms with Gasteiger partial charge in [-0.2, -0.15) is 0 Å². The summed E-state index contributed by atoms with van der Waals surface area (Å²) in [4.78, 5) is 12.1. The van der Waals surface area contributed by atoms with Crippen molar-refractivity contribution < 1.29 is 0 Å². The molecule has 4 aromatic rings. The number of fused-ring (bicyclic) bond motifs is 1. The zero-order valence-electron chi connectivity index (χ0n) is 13.5. The van der Waals surface area contributed by atoms with E-state index >= 15 is 0 Å². The Hall–Kier alpha value is -2.41. The fourth-order valence-electron chi connectivity index (χ4n) is 2.81. The summed E-state index contributed by atoms with van der Waals surface area (Å²) in [5.41, 5.74) is 4.60. The number of aromatic amines is 1. The molecule has 0 aliphatic heterocycles. The Morgan fingerprint density at radius 2 is 1.80 bits per heavy atom. The third-order valence-corrected chi connectivity index (χ3v) is 4.86. The van der Waals surface area contributed by atoms with Crippen LogP contribution in [0.1, 0.15) is 16.7 Å². The van der Waals surface area contributed by atoms with Crippen LogP contribution in [0.2, 0.25) is 0 Å². The van der Waals surface area contributed by atoms with Gasteiger partial charge in [0.15, 0.2) is 0 Å². The molecular formula is C20H17IN4. The van der Waals surface area contributed by atoms with Crippen molar-refractivity contribution in [3.05, 3.63) is 87.4 Å². The monoisotopic (exact) mass is 440 g/mol. The summed E-state index contributed by atoms with van der Waals surface area (Å²) in [6.07, 6.45) is 6.61. The van der Waals surface area contributed by atoms with Crippen molar-refractivity contribution >= 4 is 39.4 Å². The predicted octanol–water partition coefficient (Wildman–Crippen LogP) is 4.77. The Morgan fingerprint density at radius 1 is 0.960 bits per heavy atom. The Labute approximate surface area is 159 Å². The van der Waals surface area contributed by atoms with Crippen LogP contribution in [0.3, 0.4) is 0 Å². The van der Waals surface area contributed by atoms with Crippen LogP contribution in [0.25, 0.3) is 11.0 Å². The number of benzene rings is 1. The fourth-order valence-corrected chi connectivity index (χ4v) is 3.17. The second kappa shape index (κ2) is 7.23. The number of pyridine rings is 2. The molecule has 0 bridgehead atoms. The third-order valence-electron chi connectivity index (χ3n) is 4.14. The summed E-state index contributed by atoms with van der Waals surface area (Å²) < 4.78 is 1.25. The minimum Gasteiger partial charge on any atom is -0.366 e. The van der Waals surface area contributed by atoms with E-state index in [-0.39, 0.29) is 0 Å². The highest BCUT2D eigenvalue weighted by molar-refractivity contribution is 14.1. The summed E-state index contributed by atoms with van der Waals surface area (Å²) in [6.45, 7) is 0.775. The molecule has 25 heavy (non-hydrogen) atoms. The Morgan fingerprint density at radius 3 is 2.60 bits per heavy atom. The topological polar surface area (TPSA) is 53.6 Å². The standard InChI is InChI=1S/C20H17IN4/c21-17-6-3-14(4-7-17)11-23-19-8-5-15(12-24-19)10-16-13-25-20-18(16)2-1-9-22-20/h1-9,12-13H,10-11H2,(H,22,25)(H,23,24). The van der Waals surface area contributed by atoms with E-state index in [0.717, 1.165) is 24.4 Å². The molecule has 3 aromatic heterocycles. The van der Waals surface area contributed by atoms with E-state index in [0.29, 0.717) is 0 Å². The normalized spacial score (nSPS) is 10.9. The van der Waals surface area contributed by atoms with Gasteiger partial charge in [-0.25, -0.2) is 9.97 Å². The number of hydrogen-bond acceptors (Lipinski definition) is 3. The van der Waals surface area contributed by atoms with Gasteiger partial charge < -0.3 is 10.3 Å². The minimum absolute atomic E-state index is 0.775. The van der Waals surface area contributed by atoms with Gasteiger partial charge in [0.05, 0.1) is 0 Å². The average Bonchev–Trinajstić information content (AvgIpc) is 3.06. The first-order chi connectivity index (χ1) is 12.3. The first kappa shape index (κ1) is 16.1. The lowest BCUT2D eigenvalue weighted by Gasteiger charge is -2.07. The molecule has 0 saturated carbocycles. The van der Waals surface area contributed by atoms with Crippen LogP contribution in [0, 0.1) is 3.57 Å². The van der Waals surface area contributed by atoms with Crippen molar-refractivity contribution in [1.82, 2.24) is 15.0 Å². The van der Waals surface area contributed by atoms with Crippen LogP contribution >= 0.6 is 22.6 Å². The molecule has 5 heteroatoms. The van der Waals surface area contributed by atoms with Crippen LogP contribution in [0.4, 0.5) is 5.82 Å². The van der Waals surface area contributed by atoms with Gasteiger partial charge in [0, 0.05) is 40.5 Å². The number of H-pyrrole nitrogens is 1. The van der Waals surface area contributed by atoms with Gasteiger partial charge in [-0.05, 0) is 69.6 Å². The molecule has 1 aromatic carbocycles. The molecule has 0 radical (unpaired) electrons. The van der Waals surface area contributed by atoms with Crippen LogP contribution in [-0.2, 0) is 13.0 Å². The summed E-state index contributed by atoms with van der Waals surface area (Å²) in [7, 11) is 0. The molecule has 0 saturated heterocycles. The largest absolute Gasteiger partial charge is 0.366 e. The molecule has 0 spiro atoms. The summed E-state index contributed by atoms with van der Waals surface area (Å²) >= 11 is 2.31. The maximum Gasteiger partial charge on any atom is 0.137 e. The summed E-state index contributed by atoms with van der Waals surface area (Å²) in [5, 5.41) is 4.54. The molecule has 2 N–H and O–H groups in total. The van der Waals surface area contributed by atoms with Crippen LogP contribution in [0.5, 0.6) is 0 Å². The quantitative estimate of drug-likeness (QED) is 0.440. The van der Waals surface area contributed by atoms with E-state index in [2.05, 4.69) is 79.3 Å². The number of nitrogens with zero attached hydrogens (tertiary/aromatic N) is 2. The zero-order chi connectivity index (χ0) is 17.1. The number of hydrogen-bond donors (Lipinski definition) is 2. The molecule has 0 aliphatic rings. The molecule has 4 rings (SSSR count). The van der Waals surface area contributed by atoms with E-state index in [1.54, 1.807) is 6.20 Å². The molecule has 4 nitrogen and oxygen atoms in total. The van der Waals surface area contributed by atoms with Gasteiger partial charge in [-0.1, -0.05) is 18.2 Å². The SMILES string of the molecule is Ic1ccc(CNc2ccc(Cc3c[nH]c4ncccc34)cn2)cc1. The van der Waals surface area contributed by atoms with Crippen LogP contribution in [0.15, 0.2) is 67.1 Å². The van der Waals surface area contributed by atoms with Crippen molar-refractivity contribution in [1.29, 1.82) is 0 Å². The predicted molar refractivity (Wildman–Crippen MR) is 110 cm³/mol. The lowest BCUT2D eigenvalue weighted by Crippen LogP contribution is -2.01. The van der Waals surface area contributed by atoms with E-state index < -0.39 is 0 Å².